The van der Waals surface area contributed by atoms with Gasteiger partial charge in [0.15, 0.2) is 5.69 Å². The molecule has 2 heterocycles. The molecule has 3 rings (SSSR count). The summed E-state index contributed by atoms with van der Waals surface area (Å²) in [6.45, 7) is -1.28. The lowest BCUT2D eigenvalue weighted by Crippen LogP contribution is -2.34. The molecular formula is C15H12ClF3N4O3. The summed E-state index contributed by atoms with van der Waals surface area (Å²) in [5.74, 6) is -6.25. The molecule has 138 valence electrons. The van der Waals surface area contributed by atoms with Gasteiger partial charge in [-0.05, 0) is 12.1 Å². The standard InChI is InChI=1S/C15H12ClF3N4O3/c16-10-3-1-2-4-12(10)23-7-11(20-21-23)13(24)22-5-8(14(25)26)9(6-22)15(17,18)19/h1-4,7-9H,5-6H2,(H,25,26)/t8-,9-/m1/s1. The van der Waals surface area contributed by atoms with E-state index in [2.05, 4.69) is 10.3 Å². The number of amides is 1. The highest BCUT2D eigenvalue weighted by Crippen LogP contribution is 2.38. The van der Waals surface area contributed by atoms with E-state index in [1.807, 2.05) is 0 Å². The van der Waals surface area contributed by atoms with Crippen molar-refractivity contribution in [2.75, 3.05) is 13.1 Å². The van der Waals surface area contributed by atoms with Crippen LogP contribution in [0.1, 0.15) is 10.5 Å². The minimum Gasteiger partial charge on any atom is -0.481 e. The lowest BCUT2D eigenvalue weighted by Gasteiger charge is -2.17. The Morgan fingerprint density at radius 3 is 2.50 bits per heavy atom. The molecule has 1 aliphatic rings. The van der Waals surface area contributed by atoms with Crippen molar-refractivity contribution in [1.82, 2.24) is 19.9 Å². The first-order valence-electron chi connectivity index (χ1n) is 7.44. The Labute approximate surface area is 150 Å². The minimum absolute atomic E-state index is 0.197. The largest absolute Gasteiger partial charge is 0.481 e. The highest BCUT2D eigenvalue weighted by molar-refractivity contribution is 6.32. The number of carboxylic acid groups (broad SMARTS) is 1. The first-order valence-corrected chi connectivity index (χ1v) is 7.82. The zero-order valence-corrected chi connectivity index (χ0v) is 13.8. The molecule has 1 aromatic heterocycles. The van der Waals surface area contributed by atoms with E-state index in [9.17, 15) is 22.8 Å². The Balaban J connectivity index is 1.82. The molecule has 2 atom stereocenters. The van der Waals surface area contributed by atoms with Gasteiger partial charge >= 0.3 is 12.1 Å². The lowest BCUT2D eigenvalue weighted by atomic mass is 9.96. The Morgan fingerprint density at radius 1 is 1.23 bits per heavy atom. The maximum Gasteiger partial charge on any atom is 0.394 e. The number of rotatable bonds is 3. The molecule has 0 spiro atoms. The first kappa shape index (κ1) is 18.2. The number of likely N-dealkylation sites (tertiary alicyclic amines) is 1. The molecule has 1 amide bonds. The molecule has 2 aromatic rings. The molecule has 1 saturated heterocycles. The summed E-state index contributed by atoms with van der Waals surface area (Å²) in [5.41, 5.74) is 0.246. The summed E-state index contributed by atoms with van der Waals surface area (Å²) in [6, 6.07) is 6.62. The summed E-state index contributed by atoms with van der Waals surface area (Å²) in [7, 11) is 0. The van der Waals surface area contributed by atoms with Gasteiger partial charge in [-0.1, -0.05) is 28.9 Å². The van der Waals surface area contributed by atoms with Crippen molar-refractivity contribution in [3.63, 3.8) is 0 Å². The van der Waals surface area contributed by atoms with Gasteiger partial charge < -0.3 is 10.0 Å². The number of aliphatic carboxylic acids is 1. The monoisotopic (exact) mass is 388 g/mol. The topological polar surface area (TPSA) is 88.3 Å². The fourth-order valence-corrected chi connectivity index (χ4v) is 3.05. The Hall–Kier alpha value is -2.62. The Kier molecular flexibility index (Phi) is 4.61. The SMILES string of the molecule is O=C(O)[C@@H]1CN(C(=O)c2cn(-c3ccccc3Cl)nn2)C[C@H]1C(F)(F)F. The lowest BCUT2D eigenvalue weighted by molar-refractivity contribution is -0.187. The fourth-order valence-electron chi connectivity index (χ4n) is 2.83. The number of carboxylic acids is 1. The van der Waals surface area contributed by atoms with E-state index in [0.29, 0.717) is 10.7 Å². The van der Waals surface area contributed by atoms with Gasteiger partial charge in [0.2, 0.25) is 0 Å². The van der Waals surface area contributed by atoms with Crippen molar-refractivity contribution in [2.24, 2.45) is 11.8 Å². The predicted molar refractivity (Wildman–Crippen MR) is 82.9 cm³/mol. The van der Waals surface area contributed by atoms with Crippen LogP contribution in [-0.2, 0) is 4.79 Å². The Morgan fingerprint density at radius 2 is 1.92 bits per heavy atom. The number of alkyl halides is 3. The average molecular weight is 389 g/mol. The van der Waals surface area contributed by atoms with Crippen molar-refractivity contribution in [1.29, 1.82) is 0 Å². The molecule has 0 bridgehead atoms. The number of halogens is 4. The van der Waals surface area contributed by atoms with Gasteiger partial charge in [0.05, 0.1) is 28.7 Å². The van der Waals surface area contributed by atoms with E-state index in [0.717, 1.165) is 4.90 Å². The number of hydrogen-bond donors (Lipinski definition) is 1. The third kappa shape index (κ3) is 3.36. The summed E-state index contributed by atoms with van der Waals surface area (Å²) in [4.78, 5) is 24.4. The van der Waals surface area contributed by atoms with E-state index in [1.165, 1.54) is 10.9 Å². The van der Waals surface area contributed by atoms with Gasteiger partial charge in [-0.2, -0.15) is 13.2 Å². The van der Waals surface area contributed by atoms with Gasteiger partial charge in [-0.15, -0.1) is 5.10 Å². The second-order valence-corrected chi connectivity index (χ2v) is 6.21. The highest BCUT2D eigenvalue weighted by atomic mass is 35.5. The van der Waals surface area contributed by atoms with Crippen LogP contribution in [0, 0.1) is 11.8 Å². The molecule has 0 saturated carbocycles. The summed E-state index contributed by atoms with van der Waals surface area (Å²) >= 11 is 6.02. The molecule has 0 unspecified atom stereocenters. The maximum atomic E-state index is 13.0. The molecule has 1 aromatic carbocycles. The minimum atomic E-state index is -4.72. The fraction of sp³-hybridized carbons (Fsp3) is 0.333. The zero-order chi connectivity index (χ0) is 19.1. The van der Waals surface area contributed by atoms with E-state index < -0.39 is 43.0 Å². The predicted octanol–water partition coefficient (Wildman–Crippen LogP) is 2.26. The van der Waals surface area contributed by atoms with Crippen LogP contribution in [0.2, 0.25) is 5.02 Å². The number of aromatic nitrogens is 3. The number of benzene rings is 1. The molecule has 1 N–H and O–H groups in total. The van der Waals surface area contributed by atoms with Crippen molar-refractivity contribution < 1.29 is 27.9 Å². The molecule has 11 heteroatoms. The molecule has 7 nitrogen and oxygen atoms in total. The number of carbonyl (C=O) groups excluding carboxylic acids is 1. The van der Waals surface area contributed by atoms with Crippen LogP contribution in [0.5, 0.6) is 0 Å². The quantitative estimate of drug-likeness (QED) is 0.871. The van der Waals surface area contributed by atoms with Crippen LogP contribution < -0.4 is 0 Å². The van der Waals surface area contributed by atoms with Crippen LogP contribution in [-0.4, -0.2) is 56.1 Å². The molecular weight excluding hydrogens is 377 g/mol. The van der Waals surface area contributed by atoms with Crippen LogP contribution in [0.25, 0.3) is 5.69 Å². The third-order valence-corrected chi connectivity index (χ3v) is 4.48. The summed E-state index contributed by atoms with van der Waals surface area (Å²) in [5, 5.41) is 16.8. The van der Waals surface area contributed by atoms with Crippen molar-refractivity contribution >= 4 is 23.5 Å². The van der Waals surface area contributed by atoms with Gasteiger partial charge in [0.1, 0.15) is 0 Å². The van der Waals surface area contributed by atoms with Gasteiger partial charge in [-0.3, -0.25) is 9.59 Å². The zero-order valence-electron chi connectivity index (χ0n) is 13.0. The summed E-state index contributed by atoms with van der Waals surface area (Å²) in [6.07, 6.45) is -3.48. The van der Waals surface area contributed by atoms with Crippen molar-refractivity contribution in [3.05, 3.63) is 41.2 Å². The second kappa shape index (κ2) is 6.60. The van der Waals surface area contributed by atoms with E-state index in [4.69, 9.17) is 16.7 Å². The summed E-state index contributed by atoms with van der Waals surface area (Å²) < 4.78 is 40.3. The van der Waals surface area contributed by atoms with Crippen LogP contribution in [0.3, 0.4) is 0 Å². The Bertz CT molecular complexity index is 855. The molecule has 1 aliphatic heterocycles. The maximum absolute atomic E-state index is 13.0. The van der Waals surface area contributed by atoms with Crippen LogP contribution in [0.4, 0.5) is 13.2 Å². The third-order valence-electron chi connectivity index (χ3n) is 4.16. The molecule has 1 fully saturated rings. The van der Waals surface area contributed by atoms with Crippen molar-refractivity contribution in [2.45, 2.75) is 6.18 Å². The number of nitrogens with zero attached hydrogens (tertiary/aromatic N) is 4. The normalized spacial score (nSPS) is 20.4. The van der Waals surface area contributed by atoms with Gasteiger partial charge in [-0.25, -0.2) is 4.68 Å². The van der Waals surface area contributed by atoms with Gasteiger partial charge in [0.25, 0.3) is 5.91 Å². The number of para-hydroxylation sites is 1. The van der Waals surface area contributed by atoms with Gasteiger partial charge in [0, 0.05) is 13.1 Å². The second-order valence-electron chi connectivity index (χ2n) is 5.80. The van der Waals surface area contributed by atoms with Crippen LogP contribution >= 0.6 is 11.6 Å². The van der Waals surface area contributed by atoms with Crippen LogP contribution in [0.15, 0.2) is 30.5 Å². The first-order chi connectivity index (χ1) is 12.2. The average Bonchev–Trinajstić information content (AvgIpc) is 3.22. The molecule has 0 radical (unpaired) electrons. The highest BCUT2D eigenvalue weighted by Gasteiger charge is 2.53. The van der Waals surface area contributed by atoms with E-state index in [-0.39, 0.29) is 5.69 Å². The molecule has 26 heavy (non-hydrogen) atoms. The smallest absolute Gasteiger partial charge is 0.394 e. The van der Waals surface area contributed by atoms with Crippen molar-refractivity contribution in [3.8, 4) is 5.69 Å². The number of carbonyl (C=O) groups is 2. The molecule has 0 aliphatic carbocycles. The van der Waals surface area contributed by atoms with E-state index >= 15 is 0 Å². The van der Waals surface area contributed by atoms with E-state index in [1.54, 1.807) is 24.3 Å². The number of hydrogen-bond acceptors (Lipinski definition) is 4.